The number of primary amides is 4. The number of unbranched alkanes of at least 4 members (excludes halogenated alkanes) is 2. The van der Waals surface area contributed by atoms with Gasteiger partial charge in [-0.25, -0.2) is 9.59 Å². The fraction of sp³-hybridized carbons (Fsp3) is 0.800. The van der Waals surface area contributed by atoms with Gasteiger partial charge in [0.1, 0.15) is 0 Å². The molecule has 0 aromatic carbocycles. The van der Waals surface area contributed by atoms with E-state index in [1.165, 1.54) is 25.7 Å². The first kappa shape index (κ1) is 20.9. The van der Waals surface area contributed by atoms with Crippen LogP contribution < -0.4 is 22.9 Å². The molecule has 0 saturated carbocycles. The third kappa shape index (κ3) is 112. The molecule has 7 nitrogen and oxygen atoms in total. The van der Waals surface area contributed by atoms with E-state index in [2.05, 4.69) is 36.8 Å². The van der Waals surface area contributed by atoms with Crippen LogP contribution >= 0.6 is 0 Å². The summed E-state index contributed by atoms with van der Waals surface area (Å²) >= 11 is 0. The zero-order valence-electron chi connectivity index (χ0n) is 10.8. The summed E-state index contributed by atoms with van der Waals surface area (Å²) in [7, 11) is 0. The quantitative estimate of drug-likeness (QED) is 0.513. The number of carbonyl (C=O) groups is 2. The number of rotatable bonds is 6. The highest BCUT2D eigenvalue weighted by atomic mass is 16.5. The number of amides is 4. The van der Waals surface area contributed by atoms with E-state index in [9.17, 15) is 0 Å². The molecule has 0 rings (SSSR count). The lowest BCUT2D eigenvalue weighted by molar-refractivity contribution is 0.128. The molecule has 0 atom stereocenters. The topological polar surface area (TPSA) is 147 Å². The van der Waals surface area contributed by atoms with Gasteiger partial charge in [0.05, 0.1) is 0 Å². The number of hydrogen-bond acceptors (Lipinski definition) is 3. The Hall–Kier alpha value is -1.50. The molecule has 0 heterocycles. The van der Waals surface area contributed by atoms with Crippen LogP contribution in [0.1, 0.15) is 39.5 Å². The van der Waals surface area contributed by atoms with Gasteiger partial charge in [-0.3, -0.25) is 0 Å². The van der Waals surface area contributed by atoms with Crippen LogP contribution in [0.25, 0.3) is 0 Å². The Morgan fingerprint density at radius 1 is 0.824 bits per heavy atom. The second-order valence-electron chi connectivity index (χ2n) is 3.12. The Bertz CT molecular complexity index is 151. The molecule has 4 amide bonds. The summed E-state index contributed by atoms with van der Waals surface area (Å²) in [6, 6.07) is -1.67. The van der Waals surface area contributed by atoms with Crippen LogP contribution in [0, 0.1) is 0 Å². The van der Waals surface area contributed by atoms with Crippen LogP contribution in [-0.4, -0.2) is 25.3 Å². The first-order valence-electron chi connectivity index (χ1n) is 5.55. The minimum Gasteiger partial charge on any atom is -0.381 e. The first-order valence-corrected chi connectivity index (χ1v) is 5.55. The Morgan fingerprint density at radius 2 is 1.06 bits per heavy atom. The summed E-state index contributed by atoms with van der Waals surface area (Å²) in [5.41, 5.74) is 17.0. The van der Waals surface area contributed by atoms with Crippen molar-refractivity contribution in [1.29, 1.82) is 0 Å². The lowest BCUT2D eigenvalue weighted by Crippen LogP contribution is -2.18. The SMILES string of the molecule is CCCCOCCCC.NC(N)=O.NC(N)=O. The van der Waals surface area contributed by atoms with Crippen LogP contribution in [0.5, 0.6) is 0 Å². The average molecular weight is 250 g/mol. The summed E-state index contributed by atoms with van der Waals surface area (Å²) in [6.07, 6.45) is 4.91. The van der Waals surface area contributed by atoms with Gasteiger partial charge in [0.15, 0.2) is 0 Å². The van der Waals surface area contributed by atoms with Crippen molar-refractivity contribution in [2.24, 2.45) is 22.9 Å². The van der Waals surface area contributed by atoms with Crippen molar-refractivity contribution in [2.45, 2.75) is 39.5 Å². The third-order valence-electron chi connectivity index (χ3n) is 1.28. The normalized spacial score (nSPS) is 8.12. The number of urea groups is 2. The van der Waals surface area contributed by atoms with E-state index < -0.39 is 12.1 Å². The molecule has 0 aliphatic heterocycles. The summed E-state index contributed by atoms with van der Waals surface area (Å²) in [5, 5.41) is 0. The van der Waals surface area contributed by atoms with Crippen LogP contribution in [0.3, 0.4) is 0 Å². The summed E-state index contributed by atoms with van der Waals surface area (Å²) in [6.45, 7) is 6.28. The molecular formula is C10H26N4O3. The molecule has 0 aliphatic carbocycles. The van der Waals surface area contributed by atoms with Gasteiger partial charge in [-0.1, -0.05) is 26.7 Å². The maximum atomic E-state index is 9.00. The molecule has 0 unspecified atom stereocenters. The van der Waals surface area contributed by atoms with Crippen molar-refractivity contribution in [3.8, 4) is 0 Å². The Kier molecular flexibility index (Phi) is 24.5. The van der Waals surface area contributed by atoms with E-state index in [-0.39, 0.29) is 0 Å². The standard InChI is InChI=1S/C8H18O.2CH4N2O/c1-3-5-7-9-8-6-4-2;2*2-1(3)4/h3-8H2,1-2H3;2*(H4,2,3,4). The molecule has 0 spiro atoms. The highest BCUT2D eigenvalue weighted by molar-refractivity contribution is 5.69. The lowest BCUT2D eigenvalue weighted by Gasteiger charge is -1.99. The van der Waals surface area contributed by atoms with Crippen molar-refractivity contribution < 1.29 is 14.3 Å². The van der Waals surface area contributed by atoms with Crippen LogP contribution in [0.15, 0.2) is 0 Å². The predicted octanol–water partition coefficient (Wildman–Crippen LogP) is 0.651. The number of ether oxygens (including phenoxy) is 1. The third-order valence-corrected chi connectivity index (χ3v) is 1.28. The van der Waals surface area contributed by atoms with Crippen molar-refractivity contribution in [1.82, 2.24) is 0 Å². The van der Waals surface area contributed by atoms with Crippen molar-refractivity contribution in [3.63, 3.8) is 0 Å². The Morgan fingerprint density at radius 3 is 1.24 bits per heavy atom. The largest absolute Gasteiger partial charge is 0.381 e. The van der Waals surface area contributed by atoms with Crippen LogP contribution in [0.2, 0.25) is 0 Å². The molecule has 0 aromatic rings. The van der Waals surface area contributed by atoms with E-state index in [0.29, 0.717) is 0 Å². The molecule has 0 radical (unpaired) electrons. The molecule has 0 aromatic heterocycles. The minimum atomic E-state index is -0.833. The van der Waals surface area contributed by atoms with Gasteiger partial charge < -0.3 is 27.7 Å². The fourth-order valence-electron chi connectivity index (χ4n) is 0.595. The predicted molar refractivity (Wildman–Crippen MR) is 68.2 cm³/mol. The number of hydrogen-bond donors (Lipinski definition) is 4. The van der Waals surface area contributed by atoms with Gasteiger partial charge in [0.2, 0.25) is 0 Å². The zero-order chi connectivity index (χ0) is 14.1. The molecule has 0 fully saturated rings. The van der Waals surface area contributed by atoms with Gasteiger partial charge >= 0.3 is 12.1 Å². The number of nitrogens with two attached hydrogens (primary N) is 4. The van der Waals surface area contributed by atoms with Gasteiger partial charge in [0, 0.05) is 13.2 Å². The molecule has 8 N–H and O–H groups in total. The highest BCUT2D eigenvalue weighted by Crippen LogP contribution is 1.91. The highest BCUT2D eigenvalue weighted by Gasteiger charge is 1.84. The van der Waals surface area contributed by atoms with Crippen LogP contribution in [-0.2, 0) is 4.74 Å². The van der Waals surface area contributed by atoms with Gasteiger partial charge in [-0.05, 0) is 12.8 Å². The molecule has 0 bridgehead atoms. The van der Waals surface area contributed by atoms with E-state index in [1.807, 2.05) is 0 Å². The number of carbonyl (C=O) groups excluding carboxylic acids is 2. The van der Waals surface area contributed by atoms with E-state index in [4.69, 9.17) is 14.3 Å². The summed E-state index contributed by atoms with van der Waals surface area (Å²) in [4.78, 5) is 18.0. The first-order chi connectivity index (χ1) is 7.88. The monoisotopic (exact) mass is 250 g/mol. The van der Waals surface area contributed by atoms with Crippen molar-refractivity contribution >= 4 is 12.1 Å². The van der Waals surface area contributed by atoms with Crippen molar-refractivity contribution in [3.05, 3.63) is 0 Å². The Labute approximate surface area is 103 Å². The van der Waals surface area contributed by atoms with E-state index >= 15 is 0 Å². The van der Waals surface area contributed by atoms with Gasteiger partial charge in [-0.15, -0.1) is 0 Å². The smallest absolute Gasteiger partial charge is 0.309 e. The van der Waals surface area contributed by atoms with Crippen molar-refractivity contribution in [2.75, 3.05) is 13.2 Å². The molecule has 0 aliphatic rings. The minimum absolute atomic E-state index is 0.833. The van der Waals surface area contributed by atoms with Gasteiger partial charge in [-0.2, -0.15) is 0 Å². The molecule has 104 valence electrons. The Balaban J connectivity index is -0.000000205. The lowest BCUT2D eigenvalue weighted by atomic mass is 10.3. The summed E-state index contributed by atoms with van der Waals surface area (Å²) in [5.74, 6) is 0. The fourth-order valence-corrected chi connectivity index (χ4v) is 0.595. The maximum absolute atomic E-state index is 9.00. The maximum Gasteiger partial charge on any atom is 0.309 e. The molecule has 0 saturated heterocycles. The molecular weight excluding hydrogens is 224 g/mol. The molecule has 17 heavy (non-hydrogen) atoms. The van der Waals surface area contributed by atoms with E-state index in [1.54, 1.807) is 0 Å². The average Bonchev–Trinajstić information content (AvgIpc) is 2.16. The van der Waals surface area contributed by atoms with E-state index in [0.717, 1.165) is 13.2 Å². The zero-order valence-corrected chi connectivity index (χ0v) is 10.8. The second-order valence-corrected chi connectivity index (χ2v) is 3.12. The second kappa shape index (κ2) is 20.0. The summed E-state index contributed by atoms with van der Waals surface area (Å²) < 4.78 is 5.31. The van der Waals surface area contributed by atoms with Crippen LogP contribution in [0.4, 0.5) is 9.59 Å². The van der Waals surface area contributed by atoms with Gasteiger partial charge in [0.25, 0.3) is 0 Å². The molecule has 7 heteroatoms.